The molecule has 0 aliphatic carbocycles. The van der Waals surface area contributed by atoms with E-state index in [1.165, 1.54) is 0 Å². The Hall–Kier alpha value is -1.00. The van der Waals surface area contributed by atoms with Crippen LogP contribution in [0.15, 0.2) is 30.3 Å². The molecule has 0 saturated carbocycles. The van der Waals surface area contributed by atoms with Crippen molar-refractivity contribution in [3.05, 3.63) is 35.9 Å². The third kappa shape index (κ3) is 4.36. The van der Waals surface area contributed by atoms with Crippen molar-refractivity contribution < 1.29 is 4.79 Å². The van der Waals surface area contributed by atoms with E-state index in [1.807, 2.05) is 36.6 Å². The molecule has 1 amide bonds. The van der Waals surface area contributed by atoms with Gasteiger partial charge in [0.25, 0.3) is 0 Å². The number of carbonyl (C=O) groups excluding carboxylic acids is 1. The number of hydrogen-bond donors (Lipinski definition) is 2. The molecule has 0 aliphatic heterocycles. The second-order valence-electron chi connectivity index (χ2n) is 3.27. The molecule has 0 heterocycles. The maximum Gasteiger partial charge on any atom is 0.238 e. The first-order valence-electron chi connectivity index (χ1n) is 4.80. The zero-order valence-corrected chi connectivity index (χ0v) is 9.59. The molecule has 3 nitrogen and oxygen atoms in total. The first-order valence-corrected chi connectivity index (χ1v) is 6.19. The second-order valence-corrected chi connectivity index (χ2v) is 4.18. The number of rotatable bonds is 5. The van der Waals surface area contributed by atoms with Gasteiger partial charge in [0.2, 0.25) is 5.91 Å². The number of carbonyl (C=O) groups is 1. The second kappa shape index (κ2) is 6.48. The third-order valence-electron chi connectivity index (χ3n) is 1.99. The first kappa shape index (κ1) is 12.1. The molecule has 1 atom stereocenters. The SMILES string of the molecule is CSC[C@H](N)C(=O)NCc1ccccc1. The van der Waals surface area contributed by atoms with Crippen LogP contribution in [-0.2, 0) is 11.3 Å². The maximum atomic E-state index is 11.5. The van der Waals surface area contributed by atoms with Crippen LogP contribution in [0.5, 0.6) is 0 Å². The van der Waals surface area contributed by atoms with Crippen LogP contribution in [-0.4, -0.2) is 24.0 Å². The summed E-state index contributed by atoms with van der Waals surface area (Å²) in [4.78, 5) is 11.5. The molecule has 1 aromatic rings. The lowest BCUT2D eigenvalue weighted by atomic mass is 10.2. The Labute approximate surface area is 94.4 Å². The fourth-order valence-corrected chi connectivity index (χ4v) is 1.68. The van der Waals surface area contributed by atoms with Crippen molar-refractivity contribution in [1.29, 1.82) is 0 Å². The molecule has 0 radical (unpaired) electrons. The first-order chi connectivity index (χ1) is 7.24. The molecule has 0 unspecified atom stereocenters. The molecule has 15 heavy (non-hydrogen) atoms. The zero-order chi connectivity index (χ0) is 11.1. The van der Waals surface area contributed by atoms with Gasteiger partial charge in [-0.2, -0.15) is 11.8 Å². The van der Waals surface area contributed by atoms with E-state index >= 15 is 0 Å². The van der Waals surface area contributed by atoms with Crippen molar-refractivity contribution in [1.82, 2.24) is 5.32 Å². The summed E-state index contributed by atoms with van der Waals surface area (Å²) in [6.45, 7) is 0.543. The third-order valence-corrected chi connectivity index (χ3v) is 2.69. The molecular weight excluding hydrogens is 208 g/mol. The van der Waals surface area contributed by atoms with Crippen LogP contribution in [0, 0.1) is 0 Å². The van der Waals surface area contributed by atoms with E-state index in [0.29, 0.717) is 12.3 Å². The Bertz CT molecular complexity index is 303. The Morgan fingerprint density at radius 2 is 2.13 bits per heavy atom. The van der Waals surface area contributed by atoms with Crippen LogP contribution < -0.4 is 11.1 Å². The lowest BCUT2D eigenvalue weighted by molar-refractivity contribution is -0.122. The van der Waals surface area contributed by atoms with Crippen LogP contribution in [0.2, 0.25) is 0 Å². The summed E-state index contributed by atoms with van der Waals surface area (Å²) in [7, 11) is 0. The Balaban J connectivity index is 2.34. The van der Waals surface area contributed by atoms with E-state index in [1.54, 1.807) is 11.8 Å². The summed E-state index contributed by atoms with van der Waals surface area (Å²) in [5.41, 5.74) is 6.74. The Kier molecular flexibility index (Phi) is 5.21. The summed E-state index contributed by atoms with van der Waals surface area (Å²) in [6.07, 6.45) is 1.93. The van der Waals surface area contributed by atoms with E-state index in [-0.39, 0.29) is 5.91 Å². The van der Waals surface area contributed by atoms with Gasteiger partial charge < -0.3 is 11.1 Å². The van der Waals surface area contributed by atoms with Gasteiger partial charge in [-0.05, 0) is 11.8 Å². The molecule has 0 bridgehead atoms. The minimum atomic E-state index is -0.413. The average Bonchev–Trinajstić information content (AvgIpc) is 2.27. The highest BCUT2D eigenvalue weighted by atomic mass is 32.2. The maximum absolute atomic E-state index is 11.5. The highest BCUT2D eigenvalue weighted by Crippen LogP contribution is 1.98. The van der Waals surface area contributed by atoms with Gasteiger partial charge in [0.15, 0.2) is 0 Å². The van der Waals surface area contributed by atoms with Crippen molar-refractivity contribution in [2.45, 2.75) is 12.6 Å². The molecule has 1 rings (SSSR count). The van der Waals surface area contributed by atoms with E-state index in [9.17, 15) is 4.79 Å². The number of nitrogens with one attached hydrogen (secondary N) is 1. The highest BCUT2D eigenvalue weighted by molar-refractivity contribution is 7.98. The fraction of sp³-hybridized carbons (Fsp3) is 0.364. The summed E-state index contributed by atoms with van der Waals surface area (Å²) in [5, 5.41) is 2.81. The van der Waals surface area contributed by atoms with Gasteiger partial charge in [-0.15, -0.1) is 0 Å². The van der Waals surface area contributed by atoms with Crippen molar-refractivity contribution in [2.24, 2.45) is 5.73 Å². The normalized spacial score (nSPS) is 12.1. The predicted molar refractivity (Wildman–Crippen MR) is 64.6 cm³/mol. The summed E-state index contributed by atoms with van der Waals surface area (Å²) in [6, 6.07) is 9.38. The number of thioether (sulfide) groups is 1. The highest BCUT2D eigenvalue weighted by Gasteiger charge is 2.11. The van der Waals surface area contributed by atoms with E-state index in [4.69, 9.17) is 5.73 Å². The largest absolute Gasteiger partial charge is 0.351 e. The number of hydrogen-bond acceptors (Lipinski definition) is 3. The van der Waals surface area contributed by atoms with E-state index < -0.39 is 6.04 Å². The number of amides is 1. The summed E-state index contributed by atoms with van der Waals surface area (Å²) >= 11 is 1.57. The van der Waals surface area contributed by atoms with Crippen molar-refractivity contribution >= 4 is 17.7 Å². The van der Waals surface area contributed by atoms with Gasteiger partial charge in [0, 0.05) is 12.3 Å². The van der Waals surface area contributed by atoms with Crippen LogP contribution in [0.1, 0.15) is 5.56 Å². The summed E-state index contributed by atoms with van der Waals surface area (Å²) in [5.74, 6) is 0.564. The molecule has 3 N–H and O–H groups in total. The van der Waals surface area contributed by atoms with Gasteiger partial charge in [-0.25, -0.2) is 0 Å². The minimum absolute atomic E-state index is 0.0896. The molecule has 82 valence electrons. The lowest BCUT2D eigenvalue weighted by Crippen LogP contribution is -2.41. The van der Waals surface area contributed by atoms with Crippen molar-refractivity contribution in [3.8, 4) is 0 Å². The Morgan fingerprint density at radius 1 is 1.47 bits per heavy atom. The minimum Gasteiger partial charge on any atom is -0.351 e. The number of nitrogens with two attached hydrogens (primary N) is 1. The predicted octanol–water partition coefficient (Wildman–Crippen LogP) is 0.993. The Morgan fingerprint density at radius 3 is 2.73 bits per heavy atom. The zero-order valence-electron chi connectivity index (χ0n) is 8.77. The van der Waals surface area contributed by atoms with Crippen molar-refractivity contribution in [3.63, 3.8) is 0 Å². The van der Waals surface area contributed by atoms with Crippen LogP contribution in [0.25, 0.3) is 0 Å². The molecule has 0 aliphatic rings. The van der Waals surface area contributed by atoms with Crippen LogP contribution in [0.3, 0.4) is 0 Å². The standard InChI is InChI=1S/C11H16N2OS/c1-15-8-10(12)11(14)13-7-9-5-3-2-4-6-9/h2-6,10H,7-8,12H2,1H3,(H,13,14)/t10-/m0/s1. The topological polar surface area (TPSA) is 55.1 Å². The van der Waals surface area contributed by atoms with Crippen LogP contribution in [0.4, 0.5) is 0 Å². The van der Waals surface area contributed by atoms with E-state index in [0.717, 1.165) is 5.56 Å². The molecule has 1 aromatic carbocycles. The molecule has 4 heteroatoms. The van der Waals surface area contributed by atoms with Gasteiger partial charge in [-0.1, -0.05) is 30.3 Å². The summed E-state index contributed by atoms with van der Waals surface area (Å²) < 4.78 is 0. The van der Waals surface area contributed by atoms with Gasteiger partial charge in [-0.3, -0.25) is 4.79 Å². The lowest BCUT2D eigenvalue weighted by Gasteiger charge is -2.10. The van der Waals surface area contributed by atoms with Gasteiger partial charge in [0.1, 0.15) is 0 Å². The molecule has 0 saturated heterocycles. The molecular formula is C11H16N2OS. The fourth-order valence-electron chi connectivity index (χ4n) is 1.17. The van der Waals surface area contributed by atoms with Crippen molar-refractivity contribution in [2.75, 3.05) is 12.0 Å². The van der Waals surface area contributed by atoms with Gasteiger partial charge in [0.05, 0.1) is 6.04 Å². The van der Waals surface area contributed by atoms with Crippen LogP contribution >= 0.6 is 11.8 Å². The van der Waals surface area contributed by atoms with Gasteiger partial charge >= 0.3 is 0 Å². The average molecular weight is 224 g/mol. The quantitative estimate of drug-likeness (QED) is 0.784. The number of benzene rings is 1. The van der Waals surface area contributed by atoms with E-state index in [2.05, 4.69) is 5.32 Å². The molecule has 0 fully saturated rings. The smallest absolute Gasteiger partial charge is 0.238 e. The molecule has 0 spiro atoms. The monoisotopic (exact) mass is 224 g/mol. The molecule has 0 aromatic heterocycles.